The minimum Gasteiger partial charge on any atom is -0.486 e. The van der Waals surface area contributed by atoms with E-state index in [4.69, 9.17) is 9.15 Å². The molecule has 1 aliphatic rings. The molecule has 0 bridgehead atoms. The lowest BCUT2D eigenvalue weighted by atomic mass is 9.65. The summed E-state index contributed by atoms with van der Waals surface area (Å²) in [6.45, 7) is 0.440. The van der Waals surface area contributed by atoms with Gasteiger partial charge in [-0.25, -0.2) is 4.98 Å². The Labute approximate surface area is 198 Å². The Hall–Kier alpha value is -3.20. The number of hydrogen-bond acceptors (Lipinski definition) is 6. The van der Waals surface area contributed by atoms with Crippen LogP contribution in [0.4, 0.5) is 13.2 Å². The zero-order chi connectivity index (χ0) is 23.6. The zero-order valence-electron chi connectivity index (χ0n) is 18.2. The van der Waals surface area contributed by atoms with Crippen molar-refractivity contribution in [2.24, 2.45) is 0 Å². The monoisotopic (exact) mass is 485 g/mol. The number of nitrogens with zero attached hydrogens (tertiary/aromatic N) is 3. The van der Waals surface area contributed by atoms with E-state index < -0.39 is 12.1 Å². The third-order valence-corrected chi connectivity index (χ3v) is 7.06. The van der Waals surface area contributed by atoms with Gasteiger partial charge in [0.2, 0.25) is 5.89 Å². The maximum absolute atomic E-state index is 12.8. The number of alkyl halides is 3. The number of halogens is 3. The zero-order valence-corrected chi connectivity index (χ0v) is 19.0. The highest BCUT2D eigenvalue weighted by Gasteiger charge is 2.39. The number of ether oxygens (including phenoxy) is 1. The Morgan fingerprint density at radius 1 is 0.912 bits per heavy atom. The van der Waals surface area contributed by atoms with Gasteiger partial charge in [-0.1, -0.05) is 43.5 Å². The third kappa shape index (κ3) is 4.57. The van der Waals surface area contributed by atoms with E-state index in [1.54, 1.807) is 29.7 Å². The molecule has 0 spiro atoms. The van der Waals surface area contributed by atoms with Crippen molar-refractivity contribution in [2.45, 2.75) is 50.3 Å². The van der Waals surface area contributed by atoms with Crippen molar-refractivity contribution >= 4 is 11.3 Å². The summed E-state index contributed by atoms with van der Waals surface area (Å²) in [6.07, 6.45) is 2.53. The number of aromatic nitrogens is 3. The number of benzene rings is 2. The summed E-state index contributed by atoms with van der Waals surface area (Å²) < 4.78 is 49.1. The average molecular weight is 486 g/mol. The lowest BCUT2D eigenvalue weighted by Crippen LogP contribution is -2.30. The second-order valence-corrected chi connectivity index (χ2v) is 9.35. The molecule has 5 nitrogen and oxygen atoms in total. The van der Waals surface area contributed by atoms with E-state index in [0.29, 0.717) is 12.2 Å². The van der Waals surface area contributed by atoms with Gasteiger partial charge >= 0.3 is 12.1 Å². The van der Waals surface area contributed by atoms with Crippen LogP contribution in [-0.4, -0.2) is 15.2 Å². The molecule has 5 rings (SSSR count). The second-order valence-electron chi connectivity index (χ2n) is 8.37. The van der Waals surface area contributed by atoms with Crippen molar-refractivity contribution in [1.29, 1.82) is 0 Å². The smallest absolute Gasteiger partial charge is 0.470 e. The first-order valence-corrected chi connectivity index (χ1v) is 12.0. The van der Waals surface area contributed by atoms with Crippen LogP contribution in [0.3, 0.4) is 0 Å². The van der Waals surface area contributed by atoms with Crippen molar-refractivity contribution in [1.82, 2.24) is 15.2 Å². The average Bonchev–Trinajstić information content (AvgIpc) is 3.56. The normalized spacial score (nSPS) is 15.9. The first-order valence-electron chi connectivity index (χ1n) is 11.1. The molecule has 1 aliphatic carbocycles. The maximum atomic E-state index is 12.8. The summed E-state index contributed by atoms with van der Waals surface area (Å²) in [4.78, 5) is 4.24. The van der Waals surface area contributed by atoms with Gasteiger partial charge in [0.25, 0.3) is 0 Å². The van der Waals surface area contributed by atoms with Crippen LogP contribution in [0, 0.1) is 0 Å². The molecule has 34 heavy (non-hydrogen) atoms. The molecule has 2 heterocycles. The molecule has 2 aromatic carbocycles. The van der Waals surface area contributed by atoms with E-state index in [1.165, 1.54) is 12.0 Å². The van der Waals surface area contributed by atoms with Gasteiger partial charge in [-0.2, -0.15) is 13.2 Å². The van der Waals surface area contributed by atoms with Gasteiger partial charge in [-0.05, 0) is 48.2 Å². The second kappa shape index (κ2) is 9.21. The Balaban J connectivity index is 1.39. The van der Waals surface area contributed by atoms with Crippen LogP contribution in [0.25, 0.3) is 11.5 Å². The van der Waals surface area contributed by atoms with Crippen LogP contribution < -0.4 is 4.74 Å². The molecule has 4 aromatic rings. The summed E-state index contributed by atoms with van der Waals surface area (Å²) in [6, 6.07) is 15.6. The minimum absolute atomic E-state index is 0.140. The summed E-state index contributed by atoms with van der Waals surface area (Å²) >= 11 is 1.56. The number of rotatable bonds is 6. The Morgan fingerprint density at radius 2 is 1.59 bits per heavy atom. The number of thiazole rings is 1. The molecule has 0 atom stereocenters. The fourth-order valence-corrected chi connectivity index (χ4v) is 5.15. The highest BCUT2D eigenvalue weighted by atomic mass is 32.1. The molecule has 2 aromatic heterocycles. The van der Waals surface area contributed by atoms with E-state index in [2.05, 4.69) is 27.3 Å². The Bertz CT molecular complexity index is 1210. The molecular weight excluding hydrogens is 463 g/mol. The quantitative estimate of drug-likeness (QED) is 0.293. The molecule has 0 saturated heterocycles. The molecular formula is C25H22F3N3O2S. The standard InChI is InChI=1S/C25H22F3N3O2S/c26-25(27,28)23-31-30-22(33-23)17-4-6-18(7-5-17)24(12-2-1-3-13-24)19-8-10-20(11-9-19)32-16-21-29-14-15-34-21/h4-11,14-15H,1-3,12-13,16H2. The van der Waals surface area contributed by atoms with Crippen molar-refractivity contribution in [3.63, 3.8) is 0 Å². The highest BCUT2D eigenvalue weighted by Crippen LogP contribution is 2.45. The summed E-state index contributed by atoms with van der Waals surface area (Å²) in [5.74, 6) is -0.692. The van der Waals surface area contributed by atoms with Gasteiger partial charge in [0.1, 0.15) is 17.4 Å². The van der Waals surface area contributed by atoms with Gasteiger partial charge in [0.15, 0.2) is 0 Å². The lowest BCUT2D eigenvalue weighted by Gasteiger charge is -2.38. The van der Waals surface area contributed by atoms with Crippen LogP contribution in [0.15, 0.2) is 64.5 Å². The maximum Gasteiger partial charge on any atom is 0.470 e. The van der Waals surface area contributed by atoms with E-state index in [1.807, 2.05) is 29.6 Å². The summed E-state index contributed by atoms with van der Waals surface area (Å²) in [7, 11) is 0. The van der Waals surface area contributed by atoms with Gasteiger partial charge in [-0.15, -0.1) is 21.5 Å². The SMILES string of the molecule is FC(F)(F)c1nnc(-c2ccc(C3(c4ccc(OCc5nccs5)cc4)CCCCC3)cc2)o1. The number of hydrogen-bond donors (Lipinski definition) is 0. The minimum atomic E-state index is -4.66. The van der Waals surface area contributed by atoms with Crippen LogP contribution in [0.2, 0.25) is 0 Å². The van der Waals surface area contributed by atoms with Crippen molar-refractivity contribution < 1.29 is 22.3 Å². The Morgan fingerprint density at radius 3 is 2.18 bits per heavy atom. The van der Waals surface area contributed by atoms with E-state index in [0.717, 1.165) is 42.0 Å². The summed E-state index contributed by atoms with van der Waals surface area (Å²) in [5.41, 5.74) is 2.64. The van der Waals surface area contributed by atoms with Crippen LogP contribution >= 0.6 is 11.3 Å². The van der Waals surface area contributed by atoms with Crippen molar-refractivity contribution in [2.75, 3.05) is 0 Å². The molecule has 0 unspecified atom stereocenters. The molecule has 1 fully saturated rings. The van der Waals surface area contributed by atoms with Gasteiger partial charge in [0, 0.05) is 22.6 Å². The van der Waals surface area contributed by atoms with Crippen molar-refractivity contribution in [3.8, 4) is 17.2 Å². The van der Waals surface area contributed by atoms with Gasteiger partial charge < -0.3 is 9.15 Å². The fourth-order valence-electron chi connectivity index (χ4n) is 4.63. The molecule has 1 saturated carbocycles. The third-order valence-electron chi connectivity index (χ3n) is 6.31. The molecule has 9 heteroatoms. The predicted molar refractivity (Wildman–Crippen MR) is 121 cm³/mol. The van der Waals surface area contributed by atoms with E-state index in [-0.39, 0.29) is 11.3 Å². The molecule has 0 amide bonds. The van der Waals surface area contributed by atoms with Crippen LogP contribution in [0.5, 0.6) is 5.75 Å². The van der Waals surface area contributed by atoms with E-state index >= 15 is 0 Å². The first kappa shape index (κ1) is 22.6. The Kier molecular flexibility index (Phi) is 6.12. The van der Waals surface area contributed by atoms with Gasteiger partial charge in [-0.3, -0.25) is 0 Å². The van der Waals surface area contributed by atoms with Crippen LogP contribution in [-0.2, 0) is 18.2 Å². The molecule has 176 valence electrons. The van der Waals surface area contributed by atoms with Gasteiger partial charge in [0.05, 0.1) is 0 Å². The lowest BCUT2D eigenvalue weighted by molar-refractivity contribution is -0.156. The van der Waals surface area contributed by atoms with Crippen LogP contribution in [0.1, 0.15) is 54.1 Å². The molecule has 0 radical (unpaired) electrons. The highest BCUT2D eigenvalue weighted by molar-refractivity contribution is 7.09. The largest absolute Gasteiger partial charge is 0.486 e. The fraction of sp³-hybridized carbons (Fsp3) is 0.320. The topological polar surface area (TPSA) is 61.0 Å². The predicted octanol–water partition coefficient (Wildman–Crippen LogP) is 7.04. The summed E-state index contributed by atoms with van der Waals surface area (Å²) in [5, 5.41) is 9.53. The first-order chi connectivity index (χ1) is 16.4. The van der Waals surface area contributed by atoms with Crippen molar-refractivity contribution in [3.05, 3.63) is 82.1 Å². The molecule has 0 aliphatic heterocycles. The molecule has 0 N–H and O–H groups in total. The van der Waals surface area contributed by atoms with E-state index in [9.17, 15) is 13.2 Å².